The summed E-state index contributed by atoms with van der Waals surface area (Å²) in [6.45, 7) is 19.0. The summed E-state index contributed by atoms with van der Waals surface area (Å²) in [4.78, 5) is 0. The van der Waals surface area contributed by atoms with E-state index < -0.39 is 15.5 Å². The predicted molar refractivity (Wildman–Crippen MR) is 68.7 cm³/mol. The summed E-state index contributed by atoms with van der Waals surface area (Å²) < 4.78 is 0. The predicted octanol–water partition coefficient (Wildman–Crippen LogP) is 4.32. The van der Waals surface area contributed by atoms with Gasteiger partial charge < -0.3 is 0 Å². The van der Waals surface area contributed by atoms with Gasteiger partial charge in [-0.2, -0.15) is 0 Å². The van der Waals surface area contributed by atoms with Crippen molar-refractivity contribution in [3.63, 3.8) is 0 Å². The van der Waals surface area contributed by atoms with Crippen LogP contribution in [0.1, 0.15) is 0 Å². The van der Waals surface area contributed by atoms with Crippen molar-refractivity contribution in [1.29, 1.82) is 0 Å². The van der Waals surface area contributed by atoms with Crippen molar-refractivity contribution in [2.75, 3.05) is 6.16 Å². The van der Waals surface area contributed by atoms with E-state index in [1.54, 1.807) is 0 Å². The Kier molecular flexibility index (Phi) is 4.42. The molecule has 0 aromatic rings. The first-order chi connectivity index (χ1) is 5.19. The molecule has 0 aromatic heterocycles. The van der Waals surface area contributed by atoms with E-state index in [1.807, 2.05) is 0 Å². The summed E-state index contributed by atoms with van der Waals surface area (Å²) in [5.41, 5.74) is 0. The second-order valence-corrected chi connectivity index (χ2v) is 27.8. The Balaban J connectivity index is 4.56. The number of hydrogen-bond acceptors (Lipinski definition) is 0. The number of hydrogen-bond donors (Lipinski definition) is 0. The van der Waals surface area contributed by atoms with E-state index in [9.17, 15) is 0 Å². The largest absolute Gasteiger partial charge is 0.126 e. The average molecular weight is 218 g/mol. The molecular formula is C9H23PSi2. The molecule has 0 N–H and O–H groups in total. The monoisotopic (exact) mass is 218 g/mol. The molecule has 3 heteroatoms. The average Bonchev–Trinajstić information content (AvgIpc) is 1.77. The fourth-order valence-corrected chi connectivity index (χ4v) is 33.3. The Bertz CT molecular complexity index is 139. The fraction of sp³-hybridized carbons (Fsp3) is 0.778. The molecule has 0 aliphatic rings. The van der Waals surface area contributed by atoms with Crippen LogP contribution in [0.4, 0.5) is 0 Å². The summed E-state index contributed by atoms with van der Waals surface area (Å²) in [6, 6.07) is 0. The van der Waals surface area contributed by atoms with Crippen LogP contribution in [-0.4, -0.2) is 21.6 Å². The van der Waals surface area contributed by atoms with E-state index in [-0.39, 0.29) is 0 Å². The van der Waals surface area contributed by atoms with Gasteiger partial charge in [-0.05, 0) is 6.16 Å². The van der Waals surface area contributed by atoms with E-state index in [0.29, 0.717) is 7.02 Å². The van der Waals surface area contributed by atoms with Crippen LogP contribution in [0.15, 0.2) is 12.7 Å². The van der Waals surface area contributed by atoms with Crippen molar-refractivity contribution in [2.45, 2.75) is 39.3 Å². The van der Waals surface area contributed by atoms with E-state index >= 15 is 0 Å². The Labute approximate surface area is 80.9 Å². The van der Waals surface area contributed by atoms with Gasteiger partial charge in [-0.15, -0.1) is 13.6 Å². The zero-order chi connectivity index (χ0) is 9.99. The van der Waals surface area contributed by atoms with Gasteiger partial charge in [-0.25, -0.2) is 0 Å². The summed E-state index contributed by atoms with van der Waals surface area (Å²) in [6.07, 6.45) is 3.45. The van der Waals surface area contributed by atoms with Crippen LogP contribution in [0, 0.1) is 0 Å². The van der Waals surface area contributed by atoms with Crippen molar-refractivity contribution in [3.8, 4) is 0 Å². The van der Waals surface area contributed by atoms with Crippen LogP contribution in [0.5, 0.6) is 0 Å². The van der Waals surface area contributed by atoms with Gasteiger partial charge in [-0.1, -0.05) is 45.4 Å². The van der Waals surface area contributed by atoms with Crippen LogP contribution < -0.4 is 0 Å². The molecule has 0 saturated carbocycles. The molecule has 0 atom stereocenters. The minimum atomic E-state index is -0.888. The molecular weight excluding hydrogens is 195 g/mol. The molecule has 0 spiro atoms. The van der Waals surface area contributed by atoms with Crippen LogP contribution in [0.2, 0.25) is 39.3 Å². The highest BCUT2D eigenvalue weighted by atomic mass is 31.6. The second-order valence-electron chi connectivity index (χ2n) is 5.24. The van der Waals surface area contributed by atoms with Gasteiger partial charge in [0.2, 0.25) is 0 Å². The molecule has 0 unspecified atom stereocenters. The molecule has 0 fully saturated rings. The SMILES string of the molecule is C=CCP([Si](C)(C)C)[Si](C)(C)C. The first-order valence-electron chi connectivity index (χ1n) is 4.58. The van der Waals surface area contributed by atoms with Crippen LogP contribution in [0.3, 0.4) is 0 Å². The molecule has 0 aliphatic carbocycles. The van der Waals surface area contributed by atoms with Gasteiger partial charge >= 0.3 is 0 Å². The Morgan fingerprint density at radius 2 is 1.33 bits per heavy atom. The lowest BCUT2D eigenvalue weighted by molar-refractivity contribution is 1.74. The summed E-state index contributed by atoms with van der Waals surface area (Å²) >= 11 is 0. The third kappa shape index (κ3) is 4.02. The zero-order valence-electron chi connectivity index (χ0n) is 9.44. The van der Waals surface area contributed by atoms with Gasteiger partial charge in [0.1, 0.15) is 0 Å². The zero-order valence-corrected chi connectivity index (χ0v) is 12.3. The standard InChI is InChI=1S/C9H23PSi2/c1-8-9-10(11(2,3)4)12(5,6)7/h8H,1,9H2,2-7H3. The molecule has 72 valence electrons. The molecule has 0 aliphatic heterocycles. The Morgan fingerprint density at radius 3 is 1.42 bits per heavy atom. The second kappa shape index (κ2) is 4.21. The van der Waals surface area contributed by atoms with E-state index in [0.717, 1.165) is 0 Å². The minimum Gasteiger partial charge on any atom is -0.126 e. The fourth-order valence-electron chi connectivity index (χ4n) is 1.68. The molecule has 0 nitrogen and oxygen atoms in total. The minimum absolute atomic E-state index is 0.317. The van der Waals surface area contributed by atoms with E-state index in [2.05, 4.69) is 51.9 Å². The molecule has 0 heterocycles. The van der Waals surface area contributed by atoms with Crippen molar-refractivity contribution in [1.82, 2.24) is 0 Å². The highest BCUT2D eigenvalue weighted by Gasteiger charge is 2.35. The Hall–Kier alpha value is 0.604. The number of rotatable bonds is 4. The number of allylic oxidation sites excluding steroid dienone is 1. The highest BCUT2D eigenvalue weighted by molar-refractivity contribution is 8.18. The van der Waals surface area contributed by atoms with Crippen LogP contribution in [0.25, 0.3) is 0 Å². The van der Waals surface area contributed by atoms with E-state index in [1.165, 1.54) is 6.16 Å². The van der Waals surface area contributed by atoms with Gasteiger partial charge in [0, 0.05) is 0 Å². The summed E-state index contributed by atoms with van der Waals surface area (Å²) in [7, 11) is -1.46. The van der Waals surface area contributed by atoms with Gasteiger partial charge in [0.25, 0.3) is 0 Å². The van der Waals surface area contributed by atoms with Crippen LogP contribution in [-0.2, 0) is 0 Å². The molecule has 0 bridgehead atoms. The molecule has 12 heavy (non-hydrogen) atoms. The maximum Gasteiger partial charge on any atom is 0.0683 e. The summed E-state index contributed by atoms with van der Waals surface area (Å²) in [5, 5.41) is 0. The Morgan fingerprint density at radius 1 is 1.00 bits per heavy atom. The van der Waals surface area contributed by atoms with Crippen molar-refractivity contribution in [2.24, 2.45) is 0 Å². The third-order valence-electron chi connectivity index (χ3n) is 1.93. The maximum atomic E-state index is 3.89. The molecule has 0 saturated heterocycles. The highest BCUT2D eigenvalue weighted by Crippen LogP contribution is 2.54. The maximum absolute atomic E-state index is 3.89. The summed E-state index contributed by atoms with van der Waals surface area (Å²) in [5.74, 6) is 0. The quantitative estimate of drug-likeness (QED) is 0.374. The van der Waals surface area contributed by atoms with Gasteiger partial charge in [-0.3, -0.25) is 0 Å². The van der Waals surface area contributed by atoms with E-state index in [4.69, 9.17) is 0 Å². The lowest BCUT2D eigenvalue weighted by Gasteiger charge is -2.38. The molecule has 0 radical (unpaired) electrons. The van der Waals surface area contributed by atoms with Crippen molar-refractivity contribution >= 4 is 22.5 Å². The normalized spacial score (nSPS) is 13.6. The smallest absolute Gasteiger partial charge is 0.0683 e. The van der Waals surface area contributed by atoms with Crippen molar-refractivity contribution in [3.05, 3.63) is 12.7 Å². The molecule has 0 aromatic carbocycles. The third-order valence-corrected chi connectivity index (χ3v) is 28.7. The molecule has 0 amide bonds. The molecule has 0 rings (SSSR count). The van der Waals surface area contributed by atoms with Crippen molar-refractivity contribution < 1.29 is 0 Å². The van der Waals surface area contributed by atoms with Gasteiger partial charge in [0.15, 0.2) is 0 Å². The first-order valence-corrected chi connectivity index (χ1v) is 14.8. The lowest BCUT2D eigenvalue weighted by atomic mass is 10.8. The topological polar surface area (TPSA) is 0 Å². The lowest BCUT2D eigenvalue weighted by Crippen LogP contribution is -2.33. The van der Waals surface area contributed by atoms with Crippen LogP contribution >= 0.6 is 7.02 Å². The first kappa shape index (κ1) is 12.6. The van der Waals surface area contributed by atoms with Gasteiger partial charge in [0.05, 0.1) is 15.5 Å².